The summed E-state index contributed by atoms with van der Waals surface area (Å²) in [7, 11) is 1.95. The minimum Gasteiger partial charge on any atom is -0.374 e. The van der Waals surface area contributed by atoms with Crippen LogP contribution >= 0.6 is 0 Å². The number of ether oxygens (including phenoxy) is 1. The van der Waals surface area contributed by atoms with Gasteiger partial charge in [0.05, 0.1) is 24.6 Å². The fourth-order valence-corrected chi connectivity index (χ4v) is 3.48. The molecule has 0 fully saturated rings. The molecule has 1 atom stereocenters. The van der Waals surface area contributed by atoms with Crippen LogP contribution < -0.4 is 0 Å². The van der Waals surface area contributed by atoms with Crippen molar-refractivity contribution in [3.05, 3.63) is 71.6 Å². The fourth-order valence-electron chi connectivity index (χ4n) is 3.48. The van der Waals surface area contributed by atoms with Crippen LogP contribution in [0.5, 0.6) is 0 Å². The summed E-state index contributed by atoms with van der Waals surface area (Å²) in [5, 5.41) is 8.57. The second-order valence-corrected chi connectivity index (χ2v) is 6.60. The highest BCUT2D eigenvalue weighted by Gasteiger charge is 2.30. The van der Waals surface area contributed by atoms with Gasteiger partial charge < -0.3 is 4.74 Å². The van der Waals surface area contributed by atoms with Gasteiger partial charge >= 0.3 is 0 Å². The van der Waals surface area contributed by atoms with Crippen LogP contribution in [0.3, 0.4) is 0 Å². The Morgan fingerprint density at radius 1 is 1.15 bits per heavy atom. The molecule has 0 bridgehead atoms. The van der Waals surface area contributed by atoms with Gasteiger partial charge in [0.1, 0.15) is 5.69 Å². The van der Waals surface area contributed by atoms with Crippen molar-refractivity contribution in [1.29, 1.82) is 0 Å². The van der Waals surface area contributed by atoms with Gasteiger partial charge in [0, 0.05) is 51.2 Å². The zero-order chi connectivity index (χ0) is 17.8. The molecule has 0 amide bonds. The highest BCUT2D eigenvalue weighted by molar-refractivity contribution is 5.20. The van der Waals surface area contributed by atoms with E-state index < -0.39 is 0 Å². The van der Waals surface area contributed by atoms with E-state index in [1.54, 1.807) is 6.20 Å². The SMILES string of the molecule is Cn1nnc2c1C(COCc1ccccn1)CN(Cc1ccncc1)C2. The molecule has 3 aromatic rings. The van der Waals surface area contributed by atoms with Crippen LogP contribution in [0, 0.1) is 0 Å². The third-order valence-electron chi connectivity index (χ3n) is 4.63. The first-order valence-corrected chi connectivity index (χ1v) is 8.77. The highest BCUT2D eigenvalue weighted by atomic mass is 16.5. The van der Waals surface area contributed by atoms with Crippen LogP contribution in [-0.4, -0.2) is 43.0 Å². The van der Waals surface area contributed by atoms with E-state index in [4.69, 9.17) is 4.74 Å². The minimum absolute atomic E-state index is 0.240. The predicted molar refractivity (Wildman–Crippen MR) is 96.0 cm³/mol. The van der Waals surface area contributed by atoms with Gasteiger partial charge in [-0.15, -0.1) is 5.10 Å². The summed E-state index contributed by atoms with van der Waals surface area (Å²) < 4.78 is 7.85. The molecule has 3 aromatic heterocycles. The molecule has 134 valence electrons. The van der Waals surface area contributed by atoms with Crippen molar-refractivity contribution in [2.24, 2.45) is 7.05 Å². The molecule has 0 saturated heterocycles. The van der Waals surface area contributed by atoms with Crippen molar-refractivity contribution in [3.63, 3.8) is 0 Å². The Morgan fingerprint density at radius 2 is 2.04 bits per heavy atom. The number of nitrogens with zero attached hydrogens (tertiary/aromatic N) is 6. The van der Waals surface area contributed by atoms with Crippen LogP contribution in [0.4, 0.5) is 0 Å². The summed E-state index contributed by atoms with van der Waals surface area (Å²) in [5.74, 6) is 0.240. The largest absolute Gasteiger partial charge is 0.374 e. The quantitative estimate of drug-likeness (QED) is 0.677. The molecule has 4 rings (SSSR count). The third-order valence-corrected chi connectivity index (χ3v) is 4.63. The zero-order valence-corrected chi connectivity index (χ0v) is 14.8. The molecule has 7 heteroatoms. The van der Waals surface area contributed by atoms with Crippen LogP contribution in [0.15, 0.2) is 48.9 Å². The Morgan fingerprint density at radius 3 is 2.85 bits per heavy atom. The topological polar surface area (TPSA) is 69.0 Å². The molecule has 0 spiro atoms. The third kappa shape index (κ3) is 3.79. The second kappa shape index (κ2) is 7.72. The smallest absolute Gasteiger partial charge is 0.100 e. The van der Waals surface area contributed by atoms with Gasteiger partial charge in [-0.05, 0) is 29.8 Å². The number of rotatable bonds is 6. The summed E-state index contributed by atoms with van der Waals surface area (Å²) in [4.78, 5) is 10.8. The summed E-state index contributed by atoms with van der Waals surface area (Å²) >= 11 is 0. The highest BCUT2D eigenvalue weighted by Crippen LogP contribution is 2.28. The average Bonchev–Trinajstić information content (AvgIpc) is 3.04. The number of hydrogen-bond acceptors (Lipinski definition) is 6. The average molecular weight is 350 g/mol. The van der Waals surface area contributed by atoms with Gasteiger partial charge in [-0.2, -0.15) is 0 Å². The molecule has 1 aliphatic rings. The molecular formula is C19H22N6O. The Hall–Kier alpha value is -2.64. The monoisotopic (exact) mass is 350 g/mol. The standard InChI is InChI=1S/C19H22N6O/c1-24-19-16(13-26-14-17-4-2-3-7-21-17)11-25(12-18(19)22-23-24)10-15-5-8-20-9-6-15/h2-9,16H,10-14H2,1H3. The van der Waals surface area contributed by atoms with Crippen molar-refractivity contribution in [2.45, 2.75) is 25.6 Å². The van der Waals surface area contributed by atoms with Crippen LogP contribution in [0.2, 0.25) is 0 Å². The number of aromatic nitrogens is 5. The predicted octanol–water partition coefficient (Wildman–Crippen LogP) is 1.92. The molecule has 1 unspecified atom stereocenters. The molecule has 0 aliphatic carbocycles. The Labute approximate surface area is 152 Å². The first kappa shape index (κ1) is 16.8. The minimum atomic E-state index is 0.240. The van der Waals surface area contributed by atoms with E-state index in [0.717, 1.165) is 31.0 Å². The van der Waals surface area contributed by atoms with E-state index in [1.807, 2.05) is 42.3 Å². The Bertz CT molecular complexity index is 836. The molecule has 0 N–H and O–H groups in total. The Kier molecular flexibility index (Phi) is 4.99. The van der Waals surface area contributed by atoms with Crippen molar-refractivity contribution in [2.75, 3.05) is 13.2 Å². The van der Waals surface area contributed by atoms with E-state index in [-0.39, 0.29) is 5.92 Å². The maximum atomic E-state index is 5.97. The van der Waals surface area contributed by atoms with E-state index in [2.05, 4.69) is 37.3 Å². The number of hydrogen-bond donors (Lipinski definition) is 0. The van der Waals surface area contributed by atoms with E-state index in [1.165, 1.54) is 11.3 Å². The van der Waals surface area contributed by atoms with Crippen LogP contribution in [0.1, 0.15) is 28.6 Å². The summed E-state index contributed by atoms with van der Waals surface area (Å²) in [6.07, 6.45) is 5.46. The van der Waals surface area contributed by atoms with Crippen molar-refractivity contribution in [1.82, 2.24) is 29.9 Å². The van der Waals surface area contributed by atoms with Crippen LogP contribution in [0.25, 0.3) is 0 Å². The summed E-state index contributed by atoms with van der Waals surface area (Å²) in [6.45, 7) is 3.73. The van der Waals surface area contributed by atoms with Gasteiger partial charge in [-0.25, -0.2) is 0 Å². The molecule has 0 radical (unpaired) electrons. The zero-order valence-electron chi connectivity index (χ0n) is 14.8. The van der Waals surface area contributed by atoms with E-state index in [9.17, 15) is 0 Å². The lowest BCUT2D eigenvalue weighted by molar-refractivity contribution is 0.0812. The van der Waals surface area contributed by atoms with Gasteiger partial charge in [0.15, 0.2) is 0 Å². The maximum Gasteiger partial charge on any atom is 0.100 e. The molecule has 4 heterocycles. The van der Waals surface area contributed by atoms with Crippen molar-refractivity contribution in [3.8, 4) is 0 Å². The number of pyridine rings is 2. The molecule has 26 heavy (non-hydrogen) atoms. The van der Waals surface area contributed by atoms with E-state index in [0.29, 0.717) is 13.2 Å². The molecule has 0 saturated carbocycles. The summed E-state index contributed by atoms with van der Waals surface area (Å²) in [6, 6.07) is 9.98. The fraction of sp³-hybridized carbons (Fsp3) is 0.368. The lowest BCUT2D eigenvalue weighted by atomic mass is 9.98. The van der Waals surface area contributed by atoms with Gasteiger partial charge in [0.2, 0.25) is 0 Å². The normalized spacial score (nSPS) is 17.2. The Balaban J connectivity index is 1.44. The first-order chi connectivity index (χ1) is 12.8. The van der Waals surface area contributed by atoms with E-state index >= 15 is 0 Å². The molecule has 1 aliphatic heterocycles. The maximum absolute atomic E-state index is 5.97. The number of aryl methyl sites for hydroxylation is 1. The molecular weight excluding hydrogens is 328 g/mol. The lowest BCUT2D eigenvalue weighted by Gasteiger charge is -2.32. The van der Waals surface area contributed by atoms with Gasteiger partial charge in [-0.3, -0.25) is 19.5 Å². The van der Waals surface area contributed by atoms with Gasteiger partial charge in [-0.1, -0.05) is 11.3 Å². The van der Waals surface area contributed by atoms with Gasteiger partial charge in [0.25, 0.3) is 0 Å². The number of fused-ring (bicyclic) bond motifs is 1. The lowest BCUT2D eigenvalue weighted by Crippen LogP contribution is -2.36. The van der Waals surface area contributed by atoms with Crippen LogP contribution in [-0.2, 0) is 31.5 Å². The summed E-state index contributed by atoms with van der Waals surface area (Å²) in [5.41, 5.74) is 4.41. The second-order valence-electron chi connectivity index (χ2n) is 6.60. The first-order valence-electron chi connectivity index (χ1n) is 8.77. The molecule has 7 nitrogen and oxygen atoms in total. The van der Waals surface area contributed by atoms with Crippen molar-refractivity contribution < 1.29 is 4.74 Å². The molecule has 0 aromatic carbocycles. The van der Waals surface area contributed by atoms with Crippen molar-refractivity contribution >= 4 is 0 Å².